The van der Waals surface area contributed by atoms with Gasteiger partial charge in [-0.2, -0.15) is 0 Å². The van der Waals surface area contributed by atoms with Gasteiger partial charge in [0.05, 0.1) is 24.2 Å². The van der Waals surface area contributed by atoms with Crippen LogP contribution < -0.4 is 16.4 Å². The second-order valence-electron chi connectivity index (χ2n) is 15.3. The number of hydrogen-bond donors (Lipinski definition) is 6. The Kier molecular flexibility index (Phi) is 15.7. The summed E-state index contributed by atoms with van der Waals surface area (Å²) in [6.45, 7) is 5.97. The highest BCUT2D eigenvalue weighted by Crippen LogP contribution is 2.28. The molecule has 2 aliphatic heterocycles. The van der Waals surface area contributed by atoms with Gasteiger partial charge in [-0.15, -0.1) is 11.8 Å². The Balaban J connectivity index is 1.30. The van der Waals surface area contributed by atoms with Crippen LogP contribution in [0.3, 0.4) is 0 Å². The van der Waals surface area contributed by atoms with E-state index in [2.05, 4.69) is 16.7 Å². The maximum absolute atomic E-state index is 14.1. The summed E-state index contributed by atoms with van der Waals surface area (Å²) in [6.07, 6.45) is 3.05. The molecule has 12 heteroatoms. The van der Waals surface area contributed by atoms with Crippen molar-refractivity contribution in [3.05, 3.63) is 101 Å². The number of rotatable bonds is 21. The number of carbonyl (C=O) groups excluding carboxylic acids is 1. The van der Waals surface area contributed by atoms with E-state index in [1.807, 2.05) is 78.6 Å². The highest BCUT2D eigenvalue weighted by molar-refractivity contribution is 7.99. The SMILES string of the molecule is C[C@@H](CN)[C@H](Cc1cccc(CN(CCSc2cccc(C[C@H](C(=O)O)[C@H]3CCNC3)c2)C(=O)Cc2cccc(C[C@H](C(=O)O)[C@H]3CCNC3)c2)c1)C(=O)O. The van der Waals surface area contributed by atoms with Crippen molar-refractivity contribution in [1.82, 2.24) is 15.5 Å². The molecule has 2 aliphatic rings. The molecule has 3 aromatic carbocycles. The summed E-state index contributed by atoms with van der Waals surface area (Å²) < 4.78 is 0. The fourth-order valence-corrected chi connectivity index (χ4v) is 8.92. The summed E-state index contributed by atoms with van der Waals surface area (Å²) in [5.41, 5.74) is 10.3. The van der Waals surface area contributed by atoms with Gasteiger partial charge in [0.15, 0.2) is 0 Å². The van der Waals surface area contributed by atoms with Crippen LogP contribution in [0.4, 0.5) is 0 Å². The number of amides is 1. The normalized spacial score (nSPS) is 19.0. The minimum absolute atomic E-state index is 0.0682. The van der Waals surface area contributed by atoms with Crippen LogP contribution in [0.15, 0.2) is 77.7 Å². The lowest BCUT2D eigenvalue weighted by Gasteiger charge is -2.24. The van der Waals surface area contributed by atoms with Gasteiger partial charge in [0, 0.05) is 23.7 Å². The lowest BCUT2D eigenvalue weighted by molar-refractivity contribution is -0.144. The van der Waals surface area contributed by atoms with E-state index in [1.165, 1.54) is 0 Å². The van der Waals surface area contributed by atoms with E-state index < -0.39 is 35.7 Å². The van der Waals surface area contributed by atoms with Gasteiger partial charge >= 0.3 is 17.9 Å². The Morgan fingerprint density at radius 1 is 0.745 bits per heavy atom. The second kappa shape index (κ2) is 20.6. The molecule has 55 heavy (non-hydrogen) atoms. The lowest BCUT2D eigenvalue weighted by atomic mass is 9.86. The van der Waals surface area contributed by atoms with Crippen molar-refractivity contribution >= 4 is 35.6 Å². The Morgan fingerprint density at radius 3 is 1.82 bits per heavy atom. The van der Waals surface area contributed by atoms with Crippen LogP contribution in [0.1, 0.15) is 47.6 Å². The summed E-state index contributed by atoms with van der Waals surface area (Å²) in [5, 5.41) is 36.4. The maximum atomic E-state index is 14.1. The maximum Gasteiger partial charge on any atom is 0.307 e. The van der Waals surface area contributed by atoms with E-state index in [0.29, 0.717) is 44.6 Å². The smallest absolute Gasteiger partial charge is 0.307 e. The quantitative estimate of drug-likeness (QED) is 0.0834. The van der Waals surface area contributed by atoms with Crippen LogP contribution >= 0.6 is 11.8 Å². The third kappa shape index (κ3) is 12.4. The second-order valence-corrected chi connectivity index (χ2v) is 16.5. The molecule has 6 atom stereocenters. The van der Waals surface area contributed by atoms with Gasteiger partial charge < -0.3 is 36.6 Å². The van der Waals surface area contributed by atoms with E-state index in [1.54, 1.807) is 11.8 Å². The Bertz CT molecular complexity index is 1760. The van der Waals surface area contributed by atoms with Gasteiger partial charge in [0.2, 0.25) is 5.91 Å². The lowest BCUT2D eigenvalue weighted by Crippen LogP contribution is -2.34. The number of aliphatic carboxylic acids is 3. The Morgan fingerprint density at radius 2 is 1.27 bits per heavy atom. The minimum atomic E-state index is -0.882. The van der Waals surface area contributed by atoms with Crippen LogP contribution in [-0.2, 0) is 51.4 Å². The number of nitrogens with one attached hydrogen (secondary N) is 2. The zero-order chi connectivity index (χ0) is 39.3. The highest BCUT2D eigenvalue weighted by atomic mass is 32.2. The van der Waals surface area contributed by atoms with Crippen molar-refractivity contribution in [2.24, 2.45) is 41.2 Å². The van der Waals surface area contributed by atoms with E-state index >= 15 is 0 Å². The number of nitrogens with two attached hydrogens (primary N) is 1. The summed E-state index contributed by atoms with van der Waals surface area (Å²) in [5.74, 6) is -3.50. The predicted octanol–water partition coefficient (Wildman–Crippen LogP) is 4.59. The number of thioether (sulfide) groups is 1. The zero-order valence-electron chi connectivity index (χ0n) is 31.7. The molecule has 296 valence electrons. The Hall–Kier alpha value is -4.23. The topological polar surface area (TPSA) is 182 Å². The molecule has 1 amide bonds. The first kappa shape index (κ1) is 41.9. The molecule has 0 radical (unpaired) electrons. The number of benzene rings is 3. The van der Waals surface area contributed by atoms with Gasteiger partial charge in [-0.3, -0.25) is 19.2 Å². The van der Waals surface area contributed by atoms with Crippen LogP contribution in [0.2, 0.25) is 0 Å². The fraction of sp³-hybridized carbons (Fsp3) is 0.488. The van der Waals surface area contributed by atoms with E-state index in [9.17, 15) is 34.5 Å². The zero-order valence-corrected chi connectivity index (χ0v) is 32.5. The first-order valence-electron chi connectivity index (χ1n) is 19.5. The van der Waals surface area contributed by atoms with Crippen molar-refractivity contribution in [3.63, 3.8) is 0 Å². The largest absolute Gasteiger partial charge is 0.481 e. The number of nitrogens with zero attached hydrogens (tertiary/aromatic N) is 1. The van der Waals surface area contributed by atoms with Crippen LogP contribution in [-0.4, -0.2) is 89.1 Å². The van der Waals surface area contributed by atoms with Crippen molar-refractivity contribution in [2.75, 3.05) is 45.0 Å². The molecule has 2 heterocycles. The van der Waals surface area contributed by atoms with E-state index in [4.69, 9.17) is 5.73 Å². The molecule has 3 aromatic rings. The van der Waals surface area contributed by atoms with Crippen LogP contribution in [0.5, 0.6) is 0 Å². The first-order valence-corrected chi connectivity index (χ1v) is 20.4. The minimum Gasteiger partial charge on any atom is -0.481 e. The summed E-state index contributed by atoms with van der Waals surface area (Å²) in [4.78, 5) is 53.3. The Labute approximate surface area is 328 Å². The average molecular weight is 773 g/mol. The number of carboxylic acids is 3. The highest BCUT2D eigenvalue weighted by Gasteiger charge is 2.32. The molecule has 11 nitrogen and oxygen atoms in total. The molecular weight excluding hydrogens is 717 g/mol. The molecule has 0 saturated carbocycles. The molecule has 2 saturated heterocycles. The molecule has 0 bridgehead atoms. The molecule has 5 rings (SSSR count). The van der Waals surface area contributed by atoms with Gasteiger partial charge in [0.1, 0.15) is 0 Å². The first-order chi connectivity index (χ1) is 26.5. The van der Waals surface area contributed by atoms with Crippen molar-refractivity contribution in [3.8, 4) is 0 Å². The fourth-order valence-electron chi connectivity index (χ4n) is 7.97. The van der Waals surface area contributed by atoms with Gasteiger partial charge in [-0.25, -0.2) is 0 Å². The van der Waals surface area contributed by atoms with Gasteiger partial charge in [-0.1, -0.05) is 67.6 Å². The molecule has 0 aliphatic carbocycles. The summed E-state index contributed by atoms with van der Waals surface area (Å²) >= 11 is 1.62. The van der Waals surface area contributed by atoms with E-state index in [-0.39, 0.29) is 36.6 Å². The summed E-state index contributed by atoms with van der Waals surface area (Å²) in [7, 11) is 0. The molecule has 0 spiro atoms. The number of carbonyl (C=O) groups is 4. The van der Waals surface area contributed by atoms with E-state index in [0.717, 1.165) is 65.2 Å². The molecule has 7 N–H and O–H groups in total. The number of carboxylic acid groups (broad SMARTS) is 3. The monoisotopic (exact) mass is 772 g/mol. The van der Waals surface area contributed by atoms with Crippen molar-refractivity contribution in [2.45, 2.75) is 56.9 Å². The van der Waals surface area contributed by atoms with Crippen molar-refractivity contribution < 1.29 is 34.5 Å². The van der Waals surface area contributed by atoms with Crippen molar-refractivity contribution in [1.29, 1.82) is 0 Å². The third-order valence-corrected chi connectivity index (χ3v) is 12.3. The molecule has 2 fully saturated rings. The molecular formula is C43H56N4O7S. The predicted molar refractivity (Wildman–Crippen MR) is 214 cm³/mol. The molecule has 0 unspecified atom stereocenters. The van der Waals surface area contributed by atoms with Crippen LogP contribution in [0, 0.1) is 35.5 Å². The average Bonchev–Trinajstić information content (AvgIpc) is 3.90. The molecule has 0 aromatic heterocycles. The standard InChI is InChI=1S/C43H56N4O7S/c1-28(24-44)37(41(49)50)20-30-6-3-9-33(18-30)27-47(15-16-55-36-10-4-8-32(19-36)22-39(43(53)54)35-12-14-46-26-35)40(48)23-31-7-2-5-29(17-31)21-38(42(51)52)34-11-13-45-25-34/h2-10,17-19,28,34-35,37-39,45-46H,11-16,20-27,44H2,1H3,(H,49,50)(H,51,52)(H,53,54)/t28-,34-,35-,37-,38-,39-/m0/s1. The van der Waals surface area contributed by atoms with Gasteiger partial charge in [0.25, 0.3) is 0 Å². The van der Waals surface area contributed by atoms with Crippen LogP contribution in [0.25, 0.3) is 0 Å². The summed E-state index contributed by atoms with van der Waals surface area (Å²) in [6, 6.07) is 23.4. The third-order valence-electron chi connectivity index (χ3n) is 11.3. The number of hydrogen-bond acceptors (Lipinski definition) is 8. The van der Waals surface area contributed by atoms with Gasteiger partial charge in [-0.05, 0) is 123 Å².